The molecule has 1 aromatic carbocycles. The summed E-state index contributed by atoms with van der Waals surface area (Å²) in [6, 6.07) is 9.05. The smallest absolute Gasteiger partial charge is 0.272 e. The Morgan fingerprint density at radius 3 is 2.78 bits per heavy atom. The molecule has 0 fully saturated rings. The van der Waals surface area contributed by atoms with Crippen LogP contribution in [0.1, 0.15) is 42.9 Å². The highest BCUT2D eigenvalue weighted by molar-refractivity contribution is 6.30. The number of benzene rings is 1. The van der Waals surface area contributed by atoms with Crippen molar-refractivity contribution in [2.45, 2.75) is 39.2 Å². The number of carbonyl (C=O) groups excluding carboxylic acids is 1. The van der Waals surface area contributed by atoms with E-state index in [0.29, 0.717) is 17.1 Å². The zero-order chi connectivity index (χ0) is 17.0. The fraction of sp³-hybridized carbons (Fsp3) is 0.412. The number of hydrogen-bond donors (Lipinski definition) is 2. The summed E-state index contributed by atoms with van der Waals surface area (Å²) in [6.45, 7) is 5.81. The normalized spacial score (nSPS) is 13.6. The maximum Gasteiger partial charge on any atom is 0.272 e. The summed E-state index contributed by atoms with van der Waals surface area (Å²) in [6.07, 6.45) is 1.23. The molecule has 5 nitrogen and oxygen atoms in total. The van der Waals surface area contributed by atoms with Crippen molar-refractivity contribution in [1.82, 2.24) is 15.1 Å². The van der Waals surface area contributed by atoms with Gasteiger partial charge in [-0.3, -0.25) is 4.79 Å². The third-order valence-electron chi connectivity index (χ3n) is 4.03. The fourth-order valence-corrected chi connectivity index (χ4v) is 2.55. The van der Waals surface area contributed by atoms with Gasteiger partial charge >= 0.3 is 0 Å². The molecule has 1 amide bonds. The highest BCUT2D eigenvalue weighted by atomic mass is 35.5. The van der Waals surface area contributed by atoms with Crippen LogP contribution in [0.3, 0.4) is 0 Å². The lowest BCUT2D eigenvalue weighted by Crippen LogP contribution is -2.46. The maximum atomic E-state index is 12.5. The van der Waals surface area contributed by atoms with Gasteiger partial charge in [0.05, 0.1) is 5.69 Å². The first kappa shape index (κ1) is 17.5. The molecule has 1 atom stereocenters. The van der Waals surface area contributed by atoms with Crippen LogP contribution in [0.5, 0.6) is 0 Å². The van der Waals surface area contributed by atoms with Crippen molar-refractivity contribution in [3.63, 3.8) is 0 Å². The average molecular weight is 336 g/mol. The van der Waals surface area contributed by atoms with Gasteiger partial charge in [-0.15, -0.1) is 0 Å². The number of halogens is 1. The summed E-state index contributed by atoms with van der Waals surface area (Å²) in [7, 11) is 0. The molecule has 0 bridgehead atoms. The molecular formula is C17H22ClN3O2. The van der Waals surface area contributed by atoms with Gasteiger partial charge in [0.15, 0.2) is 5.69 Å². The molecule has 1 heterocycles. The second-order valence-electron chi connectivity index (χ2n) is 5.90. The van der Waals surface area contributed by atoms with E-state index in [1.807, 2.05) is 32.9 Å². The van der Waals surface area contributed by atoms with Crippen molar-refractivity contribution < 1.29 is 9.90 Å². The first-order valence-electron chi connectivity index (χ1n) is 7.64. The minimum Gasteiger partial charge on any atom is -0.396 e. The second-order valence-corrected chi connectivity index (χ2v) is 6.34. The Morgan fingerprint density at radius 2 is 2.17 bits per heavy atom. The standard InChI is InChI=1S/C17H22ClN3O2/c1-4-17(3,8-9-22)19-16(23)15-10-12(2)21(20-15)14-7-5-6-13(18)11-14/h5-7,10-11,22H,4,8-9H2,1-3H3,(H,19,23). The van der Waals surface area contributed by atoms with Crippen molar-refractivity contribution in [2.24, 2.45) is 0 Å². The lowest BCUT2D eigenvalue weighted by atomic mass is 9.95. The summed E-state index contributed by atoms with van der Waals surface area (Å²) in [5, 5.41) is 17.1. The summed E-state index contributed by atoms with van der Waals surface area (Å²) >= 11 is 6.01. The van der Waals surface area contributed by atoms with Gasteiger partial charge in [0.2, 0.25) is 0 Å². The highest BCUT2D eigenvalue weighted by Gasteiger charge is 2.25. The summed E-state index contributed by atoms with van der Waals surface area (Å²) in [5.41, 5.74) is 1.56. The number of rotatable bonds is 6. The van der Waals surface area contributed by atoms with Crippen molar-refractivity contribution in [2.75, 3.05) is 6.61 Å². The van der Waals surface area contributed by atoms with E-state index in [1.54, 1.807) is 22.9 Å². The number of nitrogens with zero attached hydrogens (tertiary/aromatic N) is 2. The predicted molar refractivity (Wildman–Crippen MR) is 91.2 cm³/mol. The zero-order valence-electron chi connectivity index (χ0n) is 13.6. The lowest BCUT2D eigenvalue weighted by Gasteiger charge is -2.28. The molecule has 23 heavy (non-hydrogen) atoms. The molecule has 1 aromatic heterocycles. The third kappa shape index (κ3) is 4.12. The van der Waals surface area contributed by atoms with Gasteiger partial charge in [-0.1, -0.05) is 24.6 Å². The van der Waals surface area contributed by atoms with E-state index < -0.39 is 5.54 Å². The highest BCUT2D eigenvalue weighted by Crippen LogP contribution is 2.18. The lowest BCUT2D eigenvalue weighted by molar-refractivity contribution is 0.0880. The van der Waals surface area contributed by atoms with Crippen LogP contribution in [0, 0.1) is 6.92 Å². The van der Waals surface area contributed by atoms with Gasteiger partial charge < -0.3 is 10.4 Å². The second kappa shape index (κ2) is 7.15. The van der Waals surface area contributed by atoms with Gasteiger partial charge in [-0.2, -0.15) is 5.10 Å². The Kier molecular flexibility index (Phi) is 5.44. The molecule has 0 aliphatic carbocycles. The number of aromatic nitrogens is 2. The van der Waals surface area contributed by atoms with E-state index in [9.17, 15) is 4.79 Å². The average Bonchev–Trinajstić information content (AvgIpc) is 2.89. The predicted octanol–water partition coefficient (Wildman–Crippen LogP) is 3.12. The zero-order valence-corrected chi connectivity index (χ0v) is 14.4. The van der Waals surface area contributed by atoms with Crippen molar-refractivity contribution in [1.29, 1.82) is 0 Å². The molecular weight excluding hydrogens is 314 g/mol. The molecule has 124 valence electrons. The molecule has 0 aliphatic rings. The van der Waals surface area contributed by atoms with E-state index in [1.165, 1.54) is 0 Å². The molecule has 2 rings (SSSR count). The number of aliphatic hydroxyl groups excluding tert-OH is 1. The van der Waals surface area contributed by atoms with Crippen molar-refractivity contribution in [3.05, 3.63) is 46.7 Å². The fourth-order valence-electron chi connectivity index (χ4n) is 2.37. The molecule has 0 spiro atoms. The van der Waals surface area contributed by atoms with Crippen LogP contribution < -0.4 is 5.32 Å². The molecule has 6 heteroatoms. The van der Waals surface area contributed by atoms with Gasteiger partial charge in [-0.05, 0) is 51.0 Å². The van der Waals surface area contributed by atoms with Gasteiger partial charge in [0.25, 0.3) is 5.91 Å². The molecule has 0 saturated heterocycles. The first-order chi connectivity index (χ1) is 10.9. The topological polar surface area (TPSA) is 67.2 Å². The third-order valence-corrected chi connectivity index (χ3v) is 4.27. The van der Waals surface area contributed by atoms with Crippen LogP contribution in [0.25, 0.3) is 5.69 Å². The molecule has 2 aromatic rings. The summed E-state index contributed by atoms with van der Waals surface area (Å²) in [4.78, 5) is 12.5. The van der Waals surface area contributed by atoms with Crippen LogP contribution in [-0.2, 0) is 0 Å². The minimum absolute atomic E-state index is 0.0284. The monoisotopic (exact) mass is 335 g/mol. The molecule has 0 aliphatic heterocycles. The Hall–Kier alpha value is -1.85. The van der Waals surface area contributed by atoms with Crippen molar-refractivity contribution in [3.8, 4) is 5.69 Å². The number of nitrogens with one attached hydrogen (secondary N) is 1. The first-order valence-corrected chi connectivity index (χ1v) is 8.02. The largest absolute Gasteiger partial charge is 0.396 e. The Bertz CT molecular complexity index is 699. The van der Waals surface area contributed by atoms with Gasteiger partial charge in [0.1, 0.15) is 0 Å². The Morgan fingerprint density at radius 1 is 1.43 bits per heavy atom. The van der Waals surface area contributed by atoms with Crippen LogP contribution in [0.2, 0.25) is 5.02 Å². The molecule has 1 unspecified atom stereocenters. The van der Waals surface area contributed by atoms with Crippen LogP contribution in [0.15, 0.2) is 30.3 Å². The number of hydrogen-bond acceptors (Lipinski definition) is 3. The summed E-state index contributed by atoms with van der Waals surface area (Å²) in [5.74, 6) is -0.244. The van der Waals surface area contributed by atoms with E-state index in [0.717, 1.165) is 17.8 Å². The molecule has 0 radical (unpaired) electrons. The number of amides is 1. The number of carbonyl (C=O) groups is 1. The maximum absolute atomic E-state index is 12.5. The van der Waals surface area contributed by atoms with Crippen LogP contribution in [-0.4, -0.2) is 32.9 Å². The number of aryl methyl sites for hydroxylation is 1. The summed E-state index contributed by atoms with van der Waals surface area (Å²) < 4.78 is 1.69. The van der Waals surface area contributed by atoms with Gasteiger partial charge in [0, 0.05) is 22.9 Å². The SMILES string of the molecule is CCC(C)(CCO)NC(=O)c1cc(C)n(-c2cccc(Cl)c2)n1. The van der Waals surface area contributed by atoms with Gasteiger partial charge in [-0.25, -0.2) is 4.68 Å². The quantitative estimate of drug-likeness (QED) is 0.852. The number of aliphatic hydroxyl groups is 1. The van der Waals surface area contributed by atoms with E-state index in [2.05, 4.69) is 10.4 Å². The van der Waals surface area contributed by atoms with E-state index >= 15 is 0 Å². The minimum atomic E-state index is -0.445. The van der Waals surface area contributed by atoms with E-state index in [4.69, 9.17) is 16.7 Å². The van der Waals surface area contributed by atoms with Crippen molar-refractivity contribution >= 4 is 17.5 Å². The Balaban J connectivity index is 2.25. The molecule has 2 N–H and O–H groups in total. The molecule has 0 saturated carbocycles. The van der Waals surface area contributed by atoms with Crippen LogP contribution in [0.4, 0.5) is 0 Å². The van der Waals surface area contributed by atoms with Crippen LogP contribution >= 0.6 is 11.6 Å². The van der Waals surface area contributed by atoms with E-state index in [-0.39, 0.29) is 12.5 Å². The Labute approximate surface area is 141 Å².